The topological polar surface area (TPSA) is 44.3 Å². The molecule has 0 heterocycles. The second-order valence-corrected chi connectivity index (χ2v) is 7.60. The van der Waals surface area contributed by atoms with E-state index in [1.54, 1.807) is 37.6 Å². The Hall–Kier alpha value is -3.12. The molecule has 3 N–H and O–H groups in total. The third-order valence-electron chi connectivity index (χ3n) is 4.87. The molecule has 162 valence electrons. The summed E-state index contributed by atoms with van der Waals surface area (Å²) >= 11 is 6.38. The van der Waals surface area contributed by atoms with Gasteiger partial charge < -0.3 is 15.7 Å². The van der Waals surface area contributed by atoms with E-state index in [1.165, 1.54) is 19.1 Å². The minimum Gasteiger partial charge on any atom is -0.507 e. The van der Waals surface area contributed by atoms with E-state index in [0.29, 0.717) is 33.0 Å². The van der Waals surface area contributed by atoms with Gasteiger partial charge in [-0.05, 0) is 66.4 Å². The molecule has 7 heteroatoms. The Balaban J connectivity index is 2.05. The van der Waals surface area contributed by atoms with Gasteiger partial charge in [-0.25, -0.2) is 0 Å². The summed E-state index contributed by atoms with van der Waals surface area (Å²) in [4.78, 5) is 0. The molecule has 0 radical (unpaired) electrons. The molecule has 0 fully saturated rings. The molecule has 0 amide bonds. The summed E-state index contributed by atoms with van der Waals surface area (Å²) < 4.78 is 39.3. The van der Waals surface area contributed by atoms with Crippen LogP contribution < -0.4 is 10.6 Å². The maximum Gasteiger partial charge on any atom is 0.416 e. The molecule has 0 saturated heterocycles. The third kappa shape index (κ3) is 4.97. The van der Waals surface area contributed by atoms with Crippen molar-refractivity contribution in [2.24, 2.45) is 0 Å². The predicted molar refractivity (Wildman–Crippen MR) is 120 cm³/mol. The number of hydrogen-bond donors (Lipinski definition) is 3. The number of benzene rings is 3. The maximum absolute atomic E-state index is 13.1. The summed E-state index contributed by atoms with van der Waals surface area (Å²) in [5.74, 6) is -0.0170. The monoisotopic (exact) mass is 446 g/mol. The first-order chi connectivity index (χ1) is 14.6. The zero-order valence-corrected chi connectivity index (χ0v) is 18.0. The standard InChI is InChI=1S/C24H22ClF3N2O/c1-14-10-18(16-4-6-20(15(2)12-16)24(26,27)28)23(31)19(11-14)17-5-7-22(21(25)13-17)30-9-8-29-3/h4-13,29-31H,1-3H3/b9-8-. The number of alkyl halides is 3. The largest absolute Gasteiger partial charge is 0.507 e. The molecule has 0 aliphatic heterocycles. The van der Waals surface area contributed by atoms with E-state index in [0.717, 1.165) is 11.6 Å². The van der Waals surface area contributed by atoms with Crippen LogP contribution in [0.2, 0.25) is 5.02 Å². The Labute approximate surface area is 184 Å². The molecule has 31 heavy (non-hydrogen) atoms. The molecule has 0 spiro atoms. The van der Waals surface area contributed by atoms with E-state index in [2.05, 4.69) is 10.6 Å². The molecular weight excluding hydrogens is 425 g/mol. The highest BCUT2D eigenvalue weighted by Gasteiger charge is 2.32. The van der Waals surface area contributed by atoms with Crippen molar-refractivity contribution in [2.45, 2.75) is 20.0 Å². The lowest BCUT2D eigenvalue weighted by atomic mass is 9.93. The number of rotatable bonds is 5. The first kappa shape index (κ1) is 22.6. The van der Waals surface area contributed by atoms with Crippen LogP contribution in [0.3, 0.4) is 0 Å². The van der Waals surface area contributed by atoms with Gasteiger partial charge in [-0.3, -0.25) is 0 Å². The number of aryl methyl sites for hydroxylation is 2. The van der Waals surface area contributed by atoms with Crippen LogP contribution in [-0.4, -0.2) is 12.2 Å². The highest BCUT2D eigenvalue weighted by atomic mass is 35.5. The number of hydrogen-bond acceptors (Lipinski definition) is 3. The number of aromatic hydroxyl groups is 1. The fraction of sp³-hybridized carbons (Fsp3) is 0.167. The van der Waals surface area contributed by atoms with E-state index < -0.39 is 11.7 Å². The summed E-state index contributed by atoms with van der Waals surface area (Å²) in [6.07, 6.45) is -0.998. The molecule has 3 rings (SSSR count). The highest BCUT2D eigenvalue weighted by Crippen LogP contribution is 2.42. The number of anilines is 1. The van der Waals surface area contributed by atoms with Gasteiger partial charge in [0, 0.05) is 30.6 Å². The van der Waals surface area contributed by atoms with Crippen molar-refractivity contribution >= 4 is 17.3 Å². The van der Waals surface area contributed by atoms with Crippen molar-refractivity contribution in [3.05, 3.63) is 82.6 Å². The average Bonchev–Trinajstić information content (AvgIpc) is 2.69. The van der Waals surface area contributed by atoms with Gasteiger partial charge in [0.1, 0.15) is 5.75 Å². The smallest absolute Gasteiger partial charge is 0.416 e. The fourth-order valence-corrected chi connectivity index (χ4v) is 3.62. The van der Waals surface area contributed by atoms with Crippen molar-refractivity contribution in [1.29, 1.82) is 0 Å². The van der Waals surface area contributed by atoms with E-state index >= 15 is 0 Å². The third-order valence-corrected chi connectivity index (χ3v) is 5.18. The van der Waals surface area contributed by atoms with Crippen LogP contribution in [0.4, 0.5) is 18.9 Å². The van der Waals surface area contributed by atoms with Crippen LogP contribution in [0.1, 0.15) is 16.7 Å². The van der Waals surface area contributed by atoms with Crippen molar-refractivity contribution < 1.29 is 18.3 Å². The lowest BCUT2D eigenvalue weighted by Crippen LogP contribution is -2.07. The molecule has 0 aliphatic rings. The maximum atomic E-state index is 13.1. The normalized spacial score (nSPS) is 11.7. The van der Waals surface area contributed by atoms with Gasteiger partial charge >= 0.3 is 6.18 Å². The van der Waals surface area contributed by atoms with E-state index in [9.17, 15) is 18.3 Å². The van der Waals surface area contributed by atoms with Gasteiger partial charge in [0.05, 0.1) is 16.3 Å². The highest BCUT2D eigenvalue weighted by molar-refractivity contribution is 6.33. The van der Waals surface area contributed by atoms with Gasteiger partial charge in [-0.1, -0.05) is 29.8 Å². The fourth-order valence-electron chi connectivity index (χ4n) is 3.38. The van der Waals surface area contributed by atoms with Crippen molar-refractivity contribution in [1.82, 2.24) is 5.32 Å². The SMILES string of the molecule is CN/C=C\Nc1ccc(-c2cc(C)cc(-c3ccc(C(F)(F)F)c(C)c3)c2O)cc1Cl. The lowest BCUT2D eigenvalue weighted by Gasteiger charge is -2.16. The van der Waals surface area contributed by atoms with E-state index in [4.69, 9.17) is 11.6 Å². The van der Waals surface area contributed by atoms with E-state index in [1.807, 2.05) is 19.1 Å². The summed E-state index contributed by atoms with van der Waals surface area (Å²) in [5, 5.41) is 17.4. The number of phenols is 1. The molecule has 0 bridgehead atoms. The van der Waals surface area contributed by atoms with Gasteiger partial charge in [0.2, 0.25) is 0 Å². The summed E-state index contributed by atoms with van der Waals surface area (Å²) in [6, 6.07) is 12.8. The van der Waals surface area contributed by atoms with Crippen LogP contribution in [0.5, 0.6) is 5.75 Å². The van der Waals surface area contributed by atoms with Crippen molar-refractivity contribution in [3.8, 4) is 28.0 Å². The molecule has 3 aromatic rings. The lowest BCUT2D eigenvalue weighted by molar-refractivity contribution is -0.138. The minimum atomic E-state index is -4.42. The Morgan fingerprint density at radius 3 is 2.06 bits per heavy atom. The molecule has 0 aromatic heterocycles. The number of phenolic OH excluding ortho intramolecular Hbond substituents is 1. The summed E-state index contributed by atoms with van der Waals surface area (Å²) in [6.45, 7) is 3.28. The van der Waals surface area contributed by atoms with Crippen LogP contribution in [0.25, 0.3) is 22.3 Å². The molecule has 3 nitrogen and oxygen atoms in total. The van der Waals surface area contributed by atoms with Gasteiger partial charge in [0.15, 0.2) is 0 Å². The summed E-state index contributed by atoms with van der Waals surface area (Å²) in [7, 11) is 1.78. The van der Waals surface area contributed by atoms with Crippen LogP contribution in [0.15, 0.2) is 60.9 Å². The van der Waals surface area contributed by atoms with Gasteiger partial charge in [0.25, 0.3) is 0 Å². The van der Waals surface area contributed by atoms with Crippen LogP contribution in [0, 0.1) is 13.8 Å². The molecule has 3 aromatic carbocycles. The Morgan fingerprint density at radius 2 is 1.52 bits per heavy atom. The number of halogens is 4. The van der Waals surface area contributed by atoms with Gasteiger partial charge in [-0.2, -0.15) is 13.2 Å². The van der Waals surface area contributed by atoms with Crippen molar-refractivity contribution in [2.75, 3.05) is 12.4 Å². The number of nitrogens with one attached hydrogen (secondary N) is 2. The van der Waals surface area contributed by atoms with Crippen LogP contribution >= 0.6 is 11.6 Å². The van der Waals surface area contributed by atoms with Crippen LogP contribution in [-0.2, 0) is 6.18 Å². The first-order valence-corrected chi connectivity index (χ1v) is 9.90. The van der Waals surface area contributed by atoms with E-state index in [-0.39, 0.29) is 11.3 Å². The molecule has 0 saturated carbocycles. The zero-order chi connectivity index (χ0) is 22.8. The molecule has 0 atom stereocenters. The van der Waals surface area contributed by atoms with Crippen molar-refractivity contribution in [3.63, 3.8) is 0 Å². The Kier molecular flexibility index (Phi) is 6.51. The molecule has 0 aliphatic carbocycles. The minimum absolute atomic E-state index is 0.0170. The summed E-state index contributed by atoms with van der Waals surface area (Å²) in [5.41, 5.74) is 3.17. The predicted octanol–water partition coefficient (Wildman–Crippen LogP) is 7.12. The van der Waals surface area contributed by atoms with Gasteiger partial charge in [-0.15, -0.1) is 0 Å². The zero-order valence-electron chi connectivity index (χ0n) is 17.2. The molecular formula is C24H22ClF3N2O. The first-order valence-electron chi connectivity index (χ1n) is 9.52. The Bertz CT molecular complexity index is 1140. The average molecular weight is 447 g/mol. The Morgan fingerprint density at radius 1 is 0.903 bits per heavy atom. The molecule has 0 unspecified atom stereocenters. The quantitative estimate of drug-likeness (QED) is 0.391. The second-order valence-electron chi connectivity index (χ2n) is 7.20. The second kappa shape index (κ2) is 8.94.